The fourth-order valence-corrected chi connectivity index (χ4v) is 5.81. The van der Waals surface area contributed by atoms with E-state index in [9.17, 15) is 22.4 Å². The van der Waals surface area contributed by atoms with Gasteiger partial charge in [-0.2, -0.15) is 5.10 Å². The quantitative estimate of drug-likeness (QED) is 0.720. The number of hydrogen-bond acceptors (Lipinski definition) is 5. The zero-order valence-electron chi connectivity index (χ0n) is 15.7. The maximum Gasteiger partial charge on any atom is 0.290 e. The average Bonchev–Trinajstić information content (AvgIpc) is 3.36. The van der Waals surface area contributed by atoms with Crippen molar-refractivity contribution in [3.8, 4) is 5.69 Å². The van der Waals surface area contributed by atoms with Crippen LogP contribution in [0, 0.1) is 11.7 Å². The predicted molar refractivity (Wildman–Crippen MR) is 103 cm³/mol. The molecule has 10 heteroatoms. The van der Waals surface area contributed by atoms with Gasteiger partial charge in [0, 0.05) is 17.7 Å². The monoisotopic (exact) mass is 420 g/mol. The second-order valence-corrected chi connectivity index (χ2v) is 9.72. The van der Waals surface area contributed by atoms with Crippen molar-refractivity contribution in [2.45, 2.75) is 32.1 Å². The third kappa shape index (κ3) is 4.16. The van der Waals surface area contributed by atoms with Crippen LogP contribution in [0.15, 0.2) is 24.3 Å². The molecule has 1 saturated heterocycles. The van der Waals surface area contributed by atoms with Crippen LogP contribution in [0.5, 0.6) is 0 Å². The van der Waals surface area contributed by atoms with Crippen molar-refractivity contribution >= 4 is 21.7 Å². The van der Waals surface area contributed by atoms with Gasteiger partial charge in [-0.05, 0) is 55.9 Å². The van der Waals surface area contributed by atoms with Crippen LogP contribution in [0.2, 0.25) is 0 Å². The topological polar surface area (TPSA) is 110 Å². The van der Waals surface area contributed by atoms with E-state index in [4.69, 9.17) is 0 Å². The van der Waals surface area contributed by atoms with E-state index >= 15 is 0 Å². The van der Waals surface area contributed by atoms with Crippen LogP contribution < -0.4 is 10.9 Å². The lowest BCUT2D eigenvalue weighted by molar-refractivity contribution is -0.122. The number of amides is 2. The molecule has 0 radical (unpaired) electrons. The summed E-state index contributed by atoms with van der Waals surface area (Å²) in [6.07, 6.45) is 2.85. The molecule has 0 spiro atoms. The minimum atomic E-state index is -3.05. The lowest BCUT2D eigenvalue weighted by Gasteiger charge is -2.09. The van der Waals surface area contributed by atoms with E-state index in [0.29, 0.717) is 18.5 Å². The molecule has 0 bridgehead atoms. The SMILES string of the molecule is O=C(CC1CCS(=O)(=O)C1)NNC(=O)c1nn(-c2ccc(F)cc2)c2c1CCC2. The molecule has 0 saturated carbocycles. The molecule has 2 heterocycles. The number of carbonyl (C=O) groups is 2. The predicted octanol–water partition coefficient (Wildman–Crippen LogP) is 1.09. The van der Waals surface area contributed by atoms with Crippen LogP contribution in [-0.2, 0) is 27.5 Å². The number of rotatable bonds is 4. The number of fused-ring (bicyclic) bond motifs is 1. The highest BCUT2D eigenvalue weighted by atomic mass is 32.2. The first-order chi connectivity index (χ1) is 13.8. The summed E-state index contributed by atoms with van der Waals surface area (Å²) >= 11 is 0. The summed E-state index contributed by atoms with van der Waals surface area (Å²) in [6, 6.07) is 5.86. The number of hydrogen-bond donors (Lipinski definition) is 2. The molecular weight excluding hydrogens is 399 g/mol. The second kappa shape index (κ2) is 7.58. The zero-order valence-corrected chi connectivity index (χ0v) is 16.5. The van der Waals surface area contributed by atoms with Gasteiger partial charge in [-0.1, -0.05) is 0 Å². The number of nitrogens with zero attached hydrogens (tertiary/aromatic N) is 2. The van der Waals surface area contributed by atoms with Crippen molar-refractivity contribution in [1.29, 1.82) is 0 Å². The molecule has 1 aromatic carbocycles. The Balaban J connectivity index is 1.43. The first-order valence-electron chi connectivity index (χ1n) is 9.49. The molecule has 4 rings (SSSR count). The molecule has 2 aliphatic rings. The number of sulfone groups is 1. The molecule has 1 atom stereocenters. The van der Waals surface area contributed by atoms with Gasteiger partial charge < -0.3 is 0 Å². The van der Waals surface area contributed by atoms with Crippen molar-refractivity contribution in [1.82, 2.24) is 20.6 Å². The van der Waals surface area contributed by atoms with Crippen LogP contribution in [0.3, 0.4) is 0 Å². The third-order valence-electron chi connectivity index (χ3n) is 5.33. The van der Waals surface area contributed by atoms with E-state index in [1.54, 1.807) is 16.8 Å². The van der Waals surface area contributed by atoms with Crippen molar-refractivity contribution < 1.29 is 22.4 Å². The molecule has 8 nitrogen and oxygen atoms in total. The number of carbonyl (C=O) groups excluding carboxylic acids is 2. The van der Waals surface area contributed by atoms with Gasteiger partial charge in [0.05, 0.1) is 17.2 Å². The minimum absolute atomic E-state index is 0.00392. The maximum absolute atomic E-state index is 13.2. The van der Waals surface area contributed by atoms with Crippen LogP contribution in [-0.4, -0.2) is 41.5 Å². The summed E-state index contributed by atoms with van der Waals surface area (Å²) in [5, 5.41) is 4.38. The lowest BCUT2D eigenvalue weighted by Crippen LogP contribution is -2.42. The maximum atomic E-state index is 13.2. The molecule has 1 aliphatic heterocycles. The van der Waals surface area contributed by atoms with Crippen LogP contribution in [0.1, 0.15) is 41.0 Å². The number of benzene rings is 1. The molecule has 2 N–H and O–H groups in total. The highest BCUT2D eigenvalue weighted by Gasteiger charge is 2.30. The Bertz CT molecular complexity index is 1060. The van der Waals surface area contributed by atoms with Gasteiger partial charge in [-0.15, -0.1) is 0 Å². The summed E-state index contributed by atoms with van der Waals surface area (Å²) in [5.41, 5.74) is 7.34. The first kappa shape index (κ1) is 19.6. The first-order valence-corrected chi connectivity index (χ1v) is 11.3. The molecule has 1 aliphatic carbocycles. The van der Waals surface area contributed by atoms with E-state index in [1.165, 1.54) is 12.1 Å². The van der Waals surface area contributed by atoms with E-state index < -0.39 is 21.7 Å². The molecule has 1 aromatic heterocycles. The fraction of sp³-hybridized carbons (Fsp3) is 0.421. The lowest BCUT2D eigenvalue weighted by atomic mass is 10.1. The Hall–Kier alpha value is -2.75. The Labute approximate surface area is 167 Å². The van der Waals surface area contributed by atoms with E-state index in [2.05, 4.69) is 16.0 Å². The Morgan fingerprint density at radius 3 is 2.62 bits per heavy atom. The van der Waals surface area contributed by atoms with Gasteiger partial charge in [0.25, 0.3) is 5.91 Å². The molecule has 154 valence electrons. The average molecular weight is 420 g/mol. The van der Waals surface area contributed by atoms with Gasteiger partial charge in [0.1, 0.15) is 5.82 Å². The number of halogens is 1. The highest BCUT2D eigenvalue weighted by Crippen LogP contribution is 2.28. The standard InChI is InChI=1S/C19H21FN4O4S/c20-13-4-6-14(7-5-13)24-16-3-1-2-15(16)18(23-24)19(26)22-21-17(25)10-12-8-9-29(27,28)11-12/h4-7,12H,1-3,8-11H2,(H,21,25)(H,22,26). The van der Waals surface area contributed by atoms with Crippen molar-refractivity contribution in [3.05, 3.63) is 47.0 Å². The van der Waals surface area contributed by atoms with Crippen molar-refractivity contribution in [2.24, 2.45) is 5.92 Å². The largest absolute Gasteiger partial charge is 0.290 e. The molecule has 1 fully saturated rings. The van der Waals surface area contributed by atoms with E-state index in [1.807, 2.05) is 0 Å². The minimum Gasteiger partial charge on any atom is -0.273 e. The molecular formula is C19H21FN4O4S. The van der Waals surface area contributed by atoms with Gasteiger partial charge in [0.15, 0.2) is 15.5 Å². The normalized spacial score (nSPS) is 19.7. The van der Waals surface area contributed by atoms with Gasteiger partial charge in [0.2, 0.25) is 5.91 Å². The zero-order chi connectivity index (χ0) is 20.6. The molecule has 2 amide bonds. The van der Waals surface area contributed by atoms with Crippen LogP contribution >= 0.6 is 0 Å². The van der Waals surface area contributed by atoms with Gasteiger partial charge in [-0.25, -0.2) is 17.5 Å². The van der Waals surface area contributed by atoms with Crippen LogP contribution in [0.4, 0.5) is 4.39 Å². The molecule has 2 aromatic rings. The molecule has 1 unspecified atom stereocenters. The molecule has 29 heavy (non-hydrogen) atoms. The summed E-state index contributed by atoms with van der Waals surface area (Å²) in [7, 11) is -3.05. The van der Waals surface area contributed by atoms with E-state index in [-0.39, 0.29) is 35.4 Å². The summed E-state index contributed by atoms with van der Waals surface area (Å²) < 4.78 is 37.8. The Morgan fingerprint density at radius 2 is 1.93 bits per heavy atom. The number of aromatic nitrogens is 2. The fourth-order valence-electron chi connectivity index (χ4n) is 3.95. The smallest absolute Gasteiger partial charge is 0.273 e. The number of hydrazine groups is 1. The van der Waals surface area contributed by atoms with Gasteiger partial charge in [-0.3, -0.25) is 20.4 Å². The van der Waals surface area contributed by atoms with Crippen molar-refractivity contribution in [3.63, 3.8) is 0 Å². The Morgan fingerprint density at radius 1 is 1.17 bits per heavy atom. The van der Waals surface area contributed by atoms with E-state index in [0.717, 1.165) is 24.1 Å². The summed E-state index contributed by atoms with van der Waals surface area (Å²) in [6.45, 7) is 0. The summed E-state index contributed by atoms with van der Waals surface area (Å²) in [4.78, 5) is 24.6. The Kier molecular flexibility index (Phi) is 5.12. The van der Waals surface area contributed by atoms with Crippen LogP contribution in [0.25, 0.3) is 5.69 Å². The highest BCUT2D eigenvalue weighted by molar-refractivity contribution is 7.91. The summed E-state index contributed by atoms with van der Waals surface area (Å²) in [5.74, 6) is -1.44. The third-order valence-corrected chi connectivity index (χ3v) is 7.17. The van der Waals surface area contributed by atoms with Gasteiger partial charge >= 0.3 is 0 Å². The van der Waals surface area contributed by atoms with Crippen molar-refractivity contribution in [2.75, 3.05) is 11.5 Å². The number of nitrogens with one attached hydrogen (secondary N) is 2. The second-order valence-electron chi connectivity index (χ2n) is 7.49.